The van der Waals surface area contributed by atoms with Gasteiger partial charge in [0.05, 0.1) is 46.2 Å². The summed E-state index contributed by atoms with van der Waals surface area (Å²) in [5, 5.41) is 0.276. The van der Waals surface area contributed by atoms with Crippen LogP contribution in [-0.4, -0.2) is 26.7 Å². The summed E-state index contributed by atoms with van der Waals surface area (Å²) in [5.41, 5.74) is 5.14. The van der Waals surface area contributed by atoms with Crippen LogP contribution in [-0.2, 0) is 0 Å². The van der Waals surface area contributed by atoms with Gasteiger partial charge in [0, 0.05) is 6.07 Å². The number of nitrogens with zero attached hydrogens (tertiary/aromatic N) is 3. The van der Waals surface area contributed by atoms with Gasteiger partial charge in [-0.1, -0.05) is 47.5 Å². The Labute approximate surface area is 194 Å². The van der Waals surface area contributed by atoms with Crippen molar-refractivity contribution >= 4 is 28.2 Å². The van der Waals surface area contributed by atoms with E-state index < -0.39 is 5.82 Å². The van der Waals surface area contributed by atoms with Crippen molar-refractivity contribution in [3.05, 3.63) is 82.9 Å². The van der Waals surface area contributed by atoms with Gasteiger partial charge in [-0.25, -0.2) is 19.0 Å². The van der Waals surface area contributed by atoms with E-state index in [9.17, 15) is 4.39 Å². The van der Waals surface area contributed by atoms with E-state index >= 15 is 0 Å². The van der Waals surface area contributed by atoms with Crippen LogP contribution in [0.5, 0.6) is 5.75 Å². The number of H-pyrrole nitrogens is 1. The van der Waals surface area contributed by atoms with Crippen LogP contribution in [0.1, 0.15) is 19.0 Å². The summed E-state index contributed by atoms with van der Waals surface area (Å²) in [6, 6.07) is 8.14. The average Bonchev–Trinajstić information content (AvgIpc) is 3.30. The number of aromatic nitrogens is 4. The highest BCUT2D eigenvalue weighted by molar-refractivity contribution is 6.33. The van der Waals surface area contributed by atoms with Crippen molar-refractivity contribution in [2.24, 2.45) is 0 Å². The lowest BCUT2D eigenvalue weighted by atomic mass is 10.1. The van der Waals surface area contributed by atoms with Gasteiger partial charge in [-0.3, -0.25) is 0 Å². The molecule has 0 unspecified atom stereocenters. The molecule has 1 aliphatic rings. The van der Waals surface area contributed by atoms with Gasteiger partial charge in [-0.15, -0.1) is 0 Å². The molecule has 0 radical (unpaired) electrons. The highest BCUT2D eigenvalue weighted by atomic mass is 35.5. The Kier molecular flexibility index (Phi) is 5.26. The highest BCUT2D eigenvalue weighted by Gasteiger charge is 2.19. The predicted octanol–water partition coefficient (Wildman–Crippen LogP) is 5.90. The molecule has 2 heterocycles. The number of allylic oxidation sites excluding steroid dienone is 6. The lowest BCUT2D eigenvalue weighted by Gasteiger charge is -2.08. The molecular formula is C25H21ClFN5O. The maximum absolute atomic E-state index is 14.4. The van der Waals surface area contributed by atoms with Gasteiger partial charge in [0.15, 0.2) is 5.82 Å². The number of hydrogen-bond acceptors (Lipinski definition) is 4. The first-order valence-corrected chi connectivity index (χ1v) is 10.7. The minimum absolute atomic E-state index is 0.217. The molecule has 0 aliphatic heterocycles. The molecule has 8 heteroatoms. The third-order valence-electron chi connectivity index (χ3n) is 5.58. The van der Waals surface area contributed by atoms with Crippen LogP contribution in [0.15, 0.2) is 66.4 Å². The van der Waals surface area contributed by atoms with Crippen LogP contribution in [0, 0.1) is 5.82 Å². The molecule has 0 fully saturated rings. The number of benzene rings is 2. The number of methoxy groups -OCH3 is 1. The average molecular weight is 462 g/mol. The minimum Gasteiger partial charge on any atom is -0.496 e. The zero-order chi connectivity index (χ0) is 23.1. The van der Waals surface area contributed by atoms with Crippen molar-refractivity contribution in [2.45, 2.75) is 13.3 Å². The molecule has 1 aliphatic carbocycles. The quantitative estimate of drug-likeness (QED) is 0.371. The fourth-order valence-corrected chi connectivity index (χ4v) is 4.13. The summed E-state index contributed by atoms with van der Waals surface area (Å²) < 4.78 is 21.5. The number of nitrogen functional groups attached to an aromatic ring is 1. The Morgan fingerprint density at radius 3 is 2.82 bits per heavy atom. The number of halogens is 2. The smallest absolute Gasteiger partial charge is 0.162 e. The van der Waals surface area contributed by atoms with E-state index in [1.807, 2.05) is 12.1 Å². The second kappa shape index (κ2) is 8.26. The number of rotatable bonds is 4. The second-order valence-electron chi connectivity index (χ2n) is 7.79. The Balaban J connectivity index is 1.61. The van der Waals surface area contributed by atoms with E-state index in [-0.39, 0.29) is 10.6 Å². The van der Waals surface area contributed by atoms with Gasteiger partial charge in [-0.05, 0) is 37.1 Å². The summed E-state index contributed by atoms with van der Waals surface area (Å²) in [6.45, 7) is 2.06. The van der Waals surface area contributed by atoms with Crippen molar-refractivity contribution in [1.82, 2.24) is 19.6 Å². The van der Waals surface area contributed by atoms with E-state index in [0.29, 0.717) is 34.0 Å². The molecule has 6 nitrogen and oxygen atoms in total. The van der Waals surface area contributed by atoms with Gasteiger partial charge < -0.3 is 15.6 Å². The molecule has 5 rings (SSSR count). The zero-order valence-electron chi connectivity index (χ0n) is 18.1. The number of imidazole rings is 2. The van der Waals surface area contributed by atoms with Crippen molar-refractivity contribution in [3.8, 4) is 28.5 Å². The Hall–Kier alpha value is -3.84. The van der Waals surface area contributed by atoms with Gasteiger partial charge in [0.25, 0.3) is 0 Å². The van der Waals surface area contributed by atoms with Crippen LogP contribution in [0.3, 0.4) is 0 Å². The molecule has 2 aromatic heterocycles. The van der Waals surface area contributed by atoms with Crippen LogP contribution < -0.4 is 10.6 Å². The van der Waals surface area contributed by atoms with Crippen LogP contribution in [0.2, 0.25) is 5.02 Å². The fourth-order valence-electron chi connectivity index (χ4n) is 3.87. The molecule has 2 aromatic carbocycles. The SMILES string of the molecule is COc1cc2nc(-c3c(F)cccc3Cl)[nH]c2cc1-c1nc(C2=CCC=C(C)C=C2)cn1N. The monoisotopic (exact) mass is 461 g/mol. The summed E-state index contributed by atoms with van der Waals surface area (Å²) >= 11 is 6.23. The minimum atomic E-state index is -0.453. The summed E-state index contributed by atoms with van der Waals surface area (Å²) in [5.74, 6) is 7.25. The number of aromatic amines is 1. The molecule has 0 bridgehead atoms. The van der Waals surface area contributed by atoms with E-state index in [1.165, 1.54) is 16.3 Å². The van der Waals surface area contributed by atoms with E-state index in [1.54, 1.807) is 31.5 Å². The lowest BCUT2D eigenvalue weighted by molar-refractivity contribution is 0.416. The van der Waals surface area contributed by atoms with E-state index in [0.717, 1.165) is 17.7 Å². The lowest BCUT2D eigenvalue weighted by Crippen LogP contribution is -2.08. The zero-order valence-corrected chi connectivity index (χ0v) is 18.8. The number of hydrogen-bond donors (Lipinski definition) is 2. The maximum Gasteiger partial charge on any atom is 0.162 e. The molecule has 166 valence electrons. The molecule has 0 amide bonds. The maximum atomic E-state index is 14.4. The standard InChI is InChI=1S/C25H21ClFN5O/c1-14-5-3-6-15(10-9-14)21-13-32(28)25(31-21)16-11-19-20(12-22(16)33-2)30-24(29-19)23-17(26)7-4-8-18(23)27/h4-13H,3,28H2,1-2H3,(H,29,30). The van der Waals surface area contributed by atoms with E-state index in [2.05, 4.69) is 35.1 Å². The van der Waals surface area contributed by atoms with Crippen molar-refractivity contribution in [2.75, 3.05) is 13.0 Å². The van der Waals surface area contributed by atoms with Crippen LogP contribution >= 0.6 is 11.6 Å². The number of nitrogens with one attached hydrogen (secondary N) is 1. The third kappa shape index (κ3) is 3.81. The Bertz CT molecular complexity index is 1460. The first-order valence-electron chi connectivity index (χ1n) is 10.4. The van der Waals surface area contributed by atoms with Crippen molar-refractivity contribution in [1.29, 1.82) is 0 Å². The van der Waals surface area contributed by atoms with Gasteiger partial charge in [0.1, 0.15) is 17.4 Å². The van der Waals surface area contributed by atoms with Gasteiger partial charge in [0.2, 0.25) is 0 Å². The molecule has 3 N–H and O–H groups in total. The van der Waals surface area contributed by atoms with Crippen LogP contribution in [0.4, 0.5) is 4.39 Å². The normalized spacial score (nSPS) is 13.7. The highest BCUT2D eigenvalue weighted by Crippen LogP contribution is 2.36. The fraction of sp³-hybridized carbons (Fsp3) is 0.120. The van der Waals surface area contributed by atoms with Crippen LogP contribution in [0.25, 0.3) is 39.4 Å². The summed E-state index contributed by atoms with van der Waals surface area (Å²) in [6.07, 6.45) is 11.0. The second-order valence-corrected chi connectivity index (χ2v) is 8.19. The van der Waals surface area contributed by atoms with Gasteiger partial charge in [-0.2, -0.15) is 0 Å². The molecular weight excluding hydrogens is 441 g/mol. The summed E-state index contributed by atoms with van der Waals surface area (Å²) in [7, 11) is 1.57. The molecule has 33 heavy (non-hydrogen) atoms. The third-order valence-corrected chi connectivity index (χ3v) is 5.89. The number of fused-ring (bicyclic) bond motifs is 1. The summed E-state index contributed by atoms with van der Waals surface area (Å²) in [4.78, 5) is 12.5. The first-order chi connectivity index (χ1) is 15.9. The topological polar surface area (TPSA) is 81.8 Å². The van der Waals surface area contributed by atoms with Crippen molar-refractivity contribution < 1.29 is 9.13 Å². The number of ether oxygens (including phenoxy) is 1. The predicted molar refractivity (Wildman–Crippen MR) is 130 cm³/mol. The first kappa shape index (κ1) is 21.0. The molecule has 4 aromatic rings. The Morgan fingerprint density at radius 2 is 2.03 bits per heavy atom. The largest absolute Gasteiger partial charge is 0.496 e. The molecule has 0 atom stereocenters. The van der Waals surface area contributed by atoms with E-state index in [4.69, 9.17) is 27.2 Å². The molecule has 0 saturated heterocycles. The molecule has 0 saturated carbocycles. The van der Waals surface area contributed by atoms with Gasteiger partial charge >= 0.3 is 0 Å². The Morgan fingerprint density at radius 1 is 1.18 bits per heavy atom. The molecule has 0 spiro atoms. The van der Waals surface area contributed by atoms with Crippen molar-refractivity contribution in [3.63, 3.8) is 0 Å². The number of nitrogens with two attached hydrogens (primary N) is 1.